The highest BCUT2D eigenvalue weighted by Gasteiger charge is 2.48. The Hall–Kier alpha value is -2.66. The summed E-state index contributed by atoms with van der Waals surface area (Å²) in [5, 5.41) is 3.03. The number of aromatic nitrogens is 2. The predicted octanol–water partition coefficient (Wildman–Crippen LogP) is 3.88. The number of fused-ring (bicyclic) bond motifs is 1. The van der Waals surface area contributed by atoms with Gasteiger partial charge in [-0.3, -0.25) is 14.8 Å². The summed E-state index contributed by atoms with van der Waals surface area (Å²) in [5.74, 6) is -0.368. The van der Waals surface area contributed by atoms with Gasteiger partial charge in [0.15, 0.2) is 5.17 Å². The van der Waals surface area contributed by atoms with E-state index in [4.69, 9.17) is 15.5 Å². The molecule has 1 aromatic carbocycles. The van der Waals surface area contributed by atoms with Crippen molar-refractivity contribution in [2.45, 2.75) is 37.3 Å². The summed E-state index contributed by atoms with van der Waals surface area (Å²) in [6.07, 6.45) is 1.12. The Kier molecular flexibility index (Phi) is 6.38. The maximum Gasteiger partial charge on any atom is 0.281 e. The molecule has 32 heavy (non-hydrogen) atoms. The summed E-state index contributed by atoms with van der Waals surface area (Å²) in [6.45, 7) is 0. The van der Waals surface area contributed by atoms with Crippen molar-refractivity contribution in [2.24, 2.45) is 16.6 Å². The van der Waals surface area contributed by atoms with E-state index in [-0.39, 0.29) is 17.7 Å². The minimum absolute atomic E-state index is 0.0201. The van der Waals surface area contributed by atoms with Gasteiger partial charge in [-0.2, -0.15) is 0 Å². The zero-order chi connectivity index (χ0) is 22.9. The first-order valence-corrected chi connectivity index (χ1v) is 11.0. The number of thioether (sulfide) groups is 1. The number of amidine groups is 1. The van der Waals surface area contributed by atoms with Crippen molar-refractivity contribution in [3.8, 4) is 0 Å². The molecule has 7 nitrogen and oxygen atoms in total. The molecule has 1 fully saturated rings. The lowest BCUT2D eigenvalue weighted by Gasteiger charge is -2.46. The lowest BCUT2D eigenvalue weighted by atomic mass is 9.68. The number of aliphatic imine (C=N–C) groups is 1. The highest BCUT2D eigenvalue weighted by Crippen LogP contribution is 2.50. The highest BCUT2D eigenvalue weighted by molar-refractivity contribution is 8.13. The van der Waals surface area contributed by atoms with E-state index < -0.39 is 29.4 Å². The number of nitrogens with one attached hydrogen (secondary N) is 1. The van der Waals surface area contributed by atoms with Gasteiger partial charge >= 0.3 is 0 Å². The highest BCUT2D eigenvalue weighted by atomic mass is 32.2. The molecule has 1 aliphatic heterocycles. The Labute approximate surface area is 187 Å². The Morgan fingerprint density at radius 1 is 1.34 bits per heavy atom. The van der Waals surface area contributed by atoms with Crippen LogP contribution in [0.3, 0.4) is 0 Å². The van der Waals surface area contributed by atoms with Crippen LogP contribution in [0.2, 0.25) is 0 Å². The first-order chi connectivity index (χ1) is 15.3. The molecule has 0 unspecified atom stereocenters. The number of nitrogens with zero attached hydrogens (tertiary/aromatic N) is 3. The number of hydrogen-bond acceptors (Lipinski definition) is 7. The minimum atomic E-state index is -2.78. The number of halogens is 3. The first-order valence-electron chi connectivity index (χ1n) is 10.0. The second-order valence-corrected chi connectivity index (χ2v) is 8.83. The van der Waals surface area contributed by atoms with Crippen LogP contribution in [0.4, 0.5) is 18.9 Å². The lowest BCUT2D eigenvalue weighted by molar-refractivity contribution is 0.0229. The molecular formula is C21H22F3N5O2S. The third-order valence-electron chi connectivity index (χ3n) is 5.96. The van der Waals surface area contributed by atoms with Crippen molar-refractivity contribution < 1.29 is 22.7 Å². The smallest absolute Gasteiger partial charge is 0.281 e. The van der Waals surface area contributed by atoms with Crippen molar-refractivity contribution in [3.05, 3.63) is 53.4 Å². The lowest BCUT2D eigenvalue weighted by Crippen LogP contribution is -2.46. The topological polar surface area (TPSA) is 102 Å². The molecule has 1 aliphatic carbocycles. The third-order valence-corrected chi connectivity index (χ3v) is 6.92. The minimum Gasteiger partial charge on any atom is -0.381 e. The van der Waals surface area contributed by atoms with Crippen LogP contribution in [0, 0.1) is 11.7 Å². The van der Waals surface area contributed by atoms with Crippen LogP contribution >= 0.6 is 11.8 Å². The van der Waals surface area contributed by atoms with Crippen molar-refractivity contribution in [2.75, 3.05) is 18.2 Å². The van der Waals surface area contributed by atoms with Gasteiger partial charge in [-0.25, -0.2) is 18.2 Å². The van der Waals surface area contributed by atoms with Crippen LogP contribution < -0.4 is 11.1 Å². The van der Waals surface area contributed by atoms with Gasteiger partial charge in [0.2, 0.25) is 0 Å². The molecule has 2 aliphatic rings. The van der Waals surface area contributed by atoms with Crippen LogP contribution in [-0.2, 0) is 10.3 Å². The summed E-state index contributed by atoms with van der Waals surface area (Å²) in [5.41, 5.74) is 5.23. The fraction of sp³-hybridized carbons (Fsp3) is 0.429. The first kappa shape index (κ1) is 22.5. The second-order valence-electron chi connectivity index (χ2n) is 7.79. The summed E-state index contributed by atoms with van der Waals surface area (Å²) < 4.78 is 45.9. The zero-order valence-corrected chi connectivity index (χ0v) is 18.0. The number of methoxy groups -OCH3 is 1. The number of hydrogen-bond donors (Lipinski definition) is 2. The molecule has 0 radical (unpaired) electrons. The average Bonchev–Trinajstić information content (AvgIpc) is 2.79. The van der Waals surface area contributed by atoms with Crippen molar-refractivity contribution in [3.63, 3.8) is 0 Å². The van der Waals surface area contributed by atoms with E-state index in [1.165, 1.54) is 23.9 Å². The van der Waals surface area contributed by atoms with E-state index in [2.05, 4.69) is 15.3 Å². The van der Waals surface area contributed by atoms with Gasteiger partial charge in [-0.05, 0) is 37.5 Å². The molecule has 1 aromatic heterocycles. The SMILES string of the molecule is CO[C@@H]1CC[C@]2(c3cc(NC(=O)c4cnc(C(F)F)cn4)ccc3F)N=C(N)SC[C@@H]2C1. The van der Waals surface area contributed by atoms with E-state index in [1.54, 1.807) is 13.2 Å². The van der Waals surface area contributed by atoms with Crippen molar-refractivity contribution >= 4 is 28.5 Å². The number of nitrogens with two attached hydrogens (primary N) is 1. The molecule has 0 bridgehead atoms. The molecule has 0 saturated heterocycles. The molecule has 2 aromatic rings. The Balaban J connectivity index is 1.63. The number of alkyl halides is 2. The number of ether oxygens (including phenoxy) is 1. The monoisotopic (exact) mass is 465 g/mol. The standard InChI is InChI=1S/C21H22F3N5O2S/c1-31-13-4-5-21(11(6-13)10-32-20(25)29-21)14-7-12(2-3-15(14)22)28-19(30)17-9-26-16(8-27-17)18(23)24/h2-3,7-9,11,13,18H,4-6,10H2,1H3,(H2,25,29)(H,28,30)/t11-,13+,21-/m0/s1. The predicted molar refractivity (Wildman–Crippen MR) is 115 cm³/mol. The van der Waals surface area contributed by atoms with Gasteiger partial charge in [0, 0.05) is 30.0 Å². The van der Waals surface area contributed by atoms with E-state index in [9.17, 15) is 13.6 Å². The van der Waals surface area contributed by atoms with Gasteiger partial charge in [-0.1, -0.05) is 11.8 Å². The van der Waals surface area contributed by atoms with Crippen LogP contribution in [0.25, 0.3) is 0 Å². The normalized spacial score (nSPS) is 25.2. The number of carbonyl (C=O) groups excluding carboxylic acids is 1. The van der Waals surface area contributed by atoms with E-state index in [1.807, 2.05) is 0 Å². The molecule has 3 atom stereocenters. The molecule has 2 heterocycles. The summed E-state index contributed by atoms with van der Waals surface area (Å²) in [7, 11) is 1.67. The summed E-state index contributed by atoms with van der Waals surface area (Å²) in [6, 6.07) is 4.26. The molecule has 170 valence electrons. The molecule has 3 N–H and O–H groups in total. The van der Waals surface area contributed by atoms with Gasteiger partial charge < -0.3 is 15.8 Å². The number of amides is 1. The summed E-state index contributed by atoms with van der Waals surface area (Å²) in [4.78, 5) is 24.5. The van der Waals surface area contributed by atoms with Crippen LogP contribution in [0.1, 0.15) is 47.4 Å². The van der Waals surface area contributed by atoms with Crippen molar-refractivity contribution in [1.82, 2.24) is 9.97 Å². The molecular weight excluding hydrogens is 443 g/mol. The van der Waals surface area contributed by atoms with Crippen molar-refractivity contribution in [1.29, 1.82) is 0 Å². The zero-order valence-electron chi connectivity index (χ0n) is 17.2. The Bertz CT molecular complexity index is 1040. The van der Waals surface area contributed by atoms with Gasteiger partial charge in [0.25, 0.3) is 12.3 Å². The van der Waals surface area contributed by atoms with Gasteiger partial charge in [-0.15, -0.1) is 0 Å². The summed E-state index contributed by atoms with van der Waals surface area (Å²) >= 11 is 1.44. The molecule has 4 rings (SSSR count). The Morgan fingerprint density at radius 2 is 2.16 bits per heavy atom. The fourth-order valence-corrected chi connectivity index (χ4v) is 5.32. The molecule has 1 amide bonds. The maximum atomic E-state index is 15.1. The quantitative estimate of drug-likeness (QED) is 0.695. The third kappa shape index (κ3) is 4.31. The Morgan fingerprint density at radius 3 is 2.84 bits per heavy atom. The fourth-order valence-electron chi connectivity index (χ4n) is 4.31. The number of benzene rings is 1. The molecule has 11 heteroatoms. The average molecular weight is 466 g/mol. The number of anilines is 1. The van der Waals surface area contributed by atoms with Gasteiger partial charge in [0.1, 0.15) is 17.2 Å². The van der Waals surface area contributed by atoms with Gasteiger partial charge in [0.05, 0.1) is 24.0 Å². The molecule has 1 saturated carbocycles. The number of rotatable bonds is 5. The second kappa shape index (κ2) is 9.07. The van der Waals surface area contributed by atoms with E-state index in [0.717, 1.165) is 18.8 Å². The number of carbonyl (C=O) groups is 1. The van der Waals surface area contributed by atoms with Crippen LogP contribution in [-0.4, -0.2) is 40.0 Å². The molecule has 0 spiro atoms. The van der Waals surface area contributed by atoms with Crippen LogP contribution in [0.5, 0.6) is 0 Å². The largest absolute Gasteiger partial charge is 0.381 e. The van der Waals surface area contributed by atoms with E-state index in [0.29, 0.717) is 35.0 Å². The maximum absolute atomic E-state index is 15.1. The van der Waals surface area contributed by atoms with E-state index >= 15 is 4.39 Å². The van der Waals surface area contributed by atoms with Crippen LogP contribution in [0.15, 0.2) is 35.6 Å².